The van der Waals surface area contributed by atoms with Crippen molar-refractivity contribution in [2.75, 3.05) is 0 Å². The molecular formula is C16H3F11O3. The number of rotatable bonds is 5. The van der Waals surface area contributed by atoms with Crippen LogP contribution in [0, 0.1) is 52.4 Å². The minimum atomic E-state index is -5.32. The molecule has 0 atom stereocenters. The maximum absolute atomic E-state index is 14.0. The largest absolute Gasteiger partial charge is 0.444 e. The van der Waals surface area contributed by atoms with E-state index in [-0.39, 0.29) is 6.08 Å². The lowest BCUT2D eigenvalue weighted by Gasteiger charge is -2.19. The Bertz CT molecular complexity index is 1010. The Labute approximate surface area is 157 Å². The van der Waals surface area contributed by atoms with Crippen LogP contribution >= 0.6 is 0 Å². The highest BCUT2D eigenvalue weighted by molar-refractivity contribution is 5.81. The van der Waals surface area contributed by atoms with Crippen LogP contribution in [-0.4, -0.2) is 5.97 Å². The van der Waals surface area contributed by atoms with Crippen LogP contribution in [0.3, 0.4) is 0 Å². The van der Waals surface area contributed by atoms with Crippen LogP contribution in [0.2, 0.25) is 0 Å². The molecule has 0 aliphatic rings. The number of esters is 1. The van der Waals surface area contributed by atoms with Gasteiger partial charge >= 0.3 is 12.1 Å². The molecule has 0 bridgehead atoms. The molecule has 0 N–H and O–H groups in total. The van der Waals surface area contributed by atoms with E-state index in [2.05, 4.69) is 16.1 Å². The second-order valence-electron chi connectivity index (χ2n) is 5.10. The first kappa shape index (κ1) is 23.0. The topological polar surface area (TPSA) is 35.5 Å². The summed E-state index contributed by atoms with van der Waals surface area (Å²) < 4.78 is 156. The molecule has 0 aliphatic heterocycles. The molecule has 2 aromatic carbocycles. The molecule has 0 aliphatic carbocycles. The van der Waals surface area contributed by atoms with E-state index in [1.165, 1.54) is 0 Å². The third kappa shape index (κ3) is 3.64. The lowest BCUT2D eigenvalue weighted by molar-refractivity contribution is -0.238. The van der Waals surface area contributed by atoms with Gasteiger partial charge in [-0.2, -0.15) is 26.3 Å². The highest BCUT2D eigenvalue weighted by atomic mass is 19.3. The van der Waals surface area contributed by atoms with Crippen LogP contribution in [0.25, 0.3) is 0 Å². The van der Waals surface area contributed by atoms with Gasteiger partial charge in [-0.15, -0.1) is 0 Å². The molecule has 3 nitrogen and oxygen atoms in total. The lowest BCUT2D eigenvalue weighted by Crippen LogP contribution is -2.26. The third-order valence-corrected chi connectivity index (χ3v) is 3.28. The van der Waals surface area contributed by atoms with E-state index in [4.69, 9.17) is 0 Å². The Morgan fingerprint density at radius 3 is 1.37 bits per heavy atom. The number of hydrogen-bond donors (Lipinski definition) is 0. The van der Waals surface area contributed by atoms with Crippen molar-refractivity contribution in [3.8, 4) is 11.5 Å². The maximum atomic E-state index is 14.0. The van der Waals surface area contributed by atoms with Crippen LogP contribution in [0.1, 0.15) is 5.56 Å². The summed E-state index contributed by atoms with van der Waals surface area (Å²) in [7, 11) is 0. The molecule has 0 saturated heterocycles. The maximum Gasteiger partial charge on any atom is 0.434 e. The zero-order chi connectivity index (χ0) is 23.1. The first-order valence-corrected chi connectivity index (χ1v) is 7.05. The van der Waals surface area contributed by atoms with Crippen LogP contribution in [0.5, 0.6) is 11.5 Å². The van der Waals surface area contributed by atoms with Gasteiger partial charge in [0.2, 0.25) is 52.2 Å². The molecule has 2 rings (SSSR count). The predicted octanol–water partition coefficient (Wildman–Crippen LogP) is 5.51. The van der Waals surface area contributed by atoms with E-state index in [0.29, 0.717) is 0 Å². The van der Waals surface area contributed by atoms with Crippen LogP contribution in [-0.2, 0) is 15.6 Å². The van der Waals surface area contributed by atoms with Crippen LogP contribution in [0.15, 0.2) is 12.7 Å². The molecule has 0 heterocycles. The van der Waals surface area contributed by atoms with Gasteiger partial charge in [-0.3, -0.25) is 0 Å². The van der Waals surface area contributed by atoms with E-state index >= 15 is 0 Å². The first-order chi connectivity index (χ1) is 13.8. The summed E-state index contributed by atoms with van der Waals surface area (Å²) in [6, 6.07) is 0. The minimum absolute atomic E-state index is 0.108. The van der Waals surface area contributed by atoms with Gasteiger partial charge in [-0.05, 0) is 0 Å². The summed E-state index contributed by atoms with van der Waals surface area (Å²) in [5.41, 5.74) is -2.79. The highest BCUT2D eigenvalue weighted by Gasteiger charge is 2.46. The SMILES string of the molecule is C=CC(=O)OC(F)(F)c1c(F)c(F)c(Oc2c(F)c(F)c(F)c(F)c2F)c(F)c1F. The Morgan fingerprint density at radius 1 is 0.667 bits per heavy atom. The number of ether oxygens (including phenoxy) is 2. The van der Waals surface area contributed by atoms with Crippen molar-refractivity contribution in [3.63, 3.8) is 0 Å². The van der Waals surface area contributed by atoms with Gasteiger partial charge in [0, 0.05) is 6.08 Å². The Balaban J connectivity index is 2.70. The Morgan fingerprint density at radius 2 is 1.00 bits per heavy atom. The van der Waals surface area contributed by atoms with Crippen molar-refractivity contribution < 1.29 is 62.6 Å². The number of benzene rings is 2. The van der Waals surface area contributed by atoms with Gasteiger partial charge in [0.25, 0.3) is 0 Å². The molecule has 162 valence electrons. The normalized spacial score (nSPS) is 11.4. The van der Waals surface area contributed by atoms with Gasteiger partial charge in [-0.1, -0.05) is 6.58 Å². The summed E-state index contributed by atoms with van der Waals surface area (Å²) in [6.07, 6.45) is -5.21. The smallest absolute Gasteiger partial charge is 0.434 e. The quantitative estimate of drug-likeness (QED) is 0.197. The highest BCUT2D eigenvalue weighted by Crippen LogP contribution is 2.42. The van der Waals surface area contributed by atoms with Crippen molar-refractivity contribution in [3.05, 3.63) is 70.6 Å². The van der Waals surface area contributed by atoms with Gasteiger partial charge in [0.05, 0.1) is 0 Å². The molecule has 2 aromatic rings. The molecule has 0 amide bonds. The third-order valence-electron chi connectivity index (χ3n) is 3.28. The summed E-state index contributed by atoms with van der Waals surface area (Å²) in [5, 5.41) is 0. The molecule has 0 saturated carbocycles. The molecule has 0 radical (unpaired) electrons. The standard InChI is InChI=1S/C16H3F11O3/c1-2-3(28)30-16(26,27)4-5(17)10(22)14(11(23)6(4)18)29-15-12(24)8(20)7(19)9(21)13(15)25/h2H,1H2. The predicted molar refractivity (Wildman–Crippen MR) is 72.8 cm³/mol. The molecule has 0 unspecified atom stereocenters. The van der Waals surface area contributed by atoms with E-state index in [9.17, 15) is 53.1 Å². The van der Waals surface area contributed by atoms with E-state index in [1.807, 2.05) is 0 Å². The molecule has 0 spiro atoms. The van der Waals surface area contributed by atoms with Crippen LogP contribution < -0.4 is 4.74 Å². The molecule has 30 heavy (non-hydrogen) atoms. The second kappa shape index (κ2) is 7.84. The van der Waals surface area contributed by atoms with Crippen molar-refractivity contribution in [1.82, 2.24) is 0 Å². The van der Waals surface area contributed by atoms with Crippen LogP contribution in [0.4, 0.5) is 48.3 Å². The number of alkyl halides is 2. The summed E-state index contributed by atoms with van der Waals surface area (Å²) in [4.78, 5) is 10.8. The summed E-state index contributed by atoms with van der Waals surface area (Å²) in [6.45, 7) is 2.69. The molecular weight excluding hydrogens is 449 g/mol. The van der Waals surface area contributed by atoms with E-state index in [1.54, 1.807) is 0 Å². The Hall–Kier alpha value is -3.32. The summed E-state index contributed by atoms with van der Waals surface area (Å²) >= 11 is 0. The first-order valence-electron chi connectivity index (χ1n) is 7.05. The minimum Gasteiger partial charge on any atom is -0.444 e. The number of halogens is 11. The van der Waals surface area contributed by atoms with Gasteiger partial charge in [0.1, 0.15) is 5.56 Å². The average molecular weight is 452 g/mol. The van der Waals surface area contributed by atoms with Crippen molar-refractivity contribution in [1.29, 1.82) is 0 Å². The average Bonchev–Trinajstić information content (AvgIpc) is 2.68. The Kier molecular flexibility index (Phi) is 6.00. The second-order valence-corrected chi connectivity index (χ2v) is 5.10. The van der Waals surface area contributed by atoms with Crippen molar-refractivity contribution in [2.24, 2.45) is 0 Å². The molecule has 14 heteroatoms. The number of hydrogen-bond acceptors (Lipinski definition) is 3. The van der Waals surface area contributed by atoms with Crippen molar-refractivity contribution in [2.45, 2.75) is 6.11 Å². The zero-order valence-electron chi connectivity index (χ0n) is 13.7. The number of carbonyl (C=O) groups is 1. The van der Waals surface area contributed by atoms with Crippen molar-refractivity contribution >= 4 is 5.97 Å². The number of carbonyl (C=O) groups excluding carboxylic acids is 1. The fraction of sp³-hybridized carbons (Fsp3) is 0.0625. The molecule has 0 fully saturated rings. The van der Waals surface area contributed by atoms with E-state index < -0.39 is 81.5 Å². The monoisotopic (exact) mass is 452 g/mol. The molecule has 0 aromatic heterocycles. The summed E-state index contributed by atoms with van der Waals surface area (Å²) in [5.74, 6) is -32.1. The fourth-order valence-electron chi connectivity index (χ4n) is 1.95. The van der Waals surface area contributed by atoms with Gasteiger partial charge in [0.15, 0.2) is 11.6 Å². The van der Waals surface area contributed by atoms with Gasteiger partial charge < -0.3 is 9.47 Å². The zero-order valence-corrected chi connectivity index (χ0v) is 13.7. The van der Waals surface area contributed by atoms with E-state index in [0.717, 1.165) is 0 Å². The fourth-order valence-corrected chi connectivity index (χ4v) is 1.95. The van der Waals surface area contributed by atoms with Gasteiger partial charge in [-0.25, -0.2) is 26.7 Å². The lowest BCUT2D eigenvalue weighted by atomic mass is 10.1.